The van der Waals surface area contributed by atoms with Crippen LogP contribution < -0.4 is 15.4 Å². The van der Waals surface area contributed by atoms with E-state index in [4.69, 9.17) is 37.4 Å². The lowest BCUT2D eigenvalue weighted by molar-refractivity contribution is -0.225. The van der Waals surface area contributed by atoms with E-state index in [1.54, 1.807) is 36.4 Å². The highest BCUT2D eigenvalue weighted by Gasteiger charge is 2.51. The van der Waals surface area contributed by atoms with Gasteiger partial charge in [0.15, 0.2) is 5.82 Å². The lowest BCUT2D eigenvalue weighted by Crippen LogP contribution is -2.58. The number of carbonyl (C=O) groups excluding carboxylic acids is 5. The van der Waals surface area contributed by atoms with Gasteiger partial charge >= 0.3 is 6.18 Å². The smallest absolute Gasteiger partial charge is 0.418 e. The van der Waals surface area contributed by atoms with Crippen LogP contribution in [0.1, 0.15) is 68.5 Å². The Kier molecular flexibility index (Phi) is 14.1. The highest BCUT2D eigenvalue weighted by Crippen LogP contribution is 2.43. The molecule has 0 bridgehead atoms. The van der Waals surface area contributed by atoms with Crippen molar-refractivity contribution in [2.45, 2.75) is 75.1 Å². The van der Waals surface area contributed by atoms with Crippen molar-refractivity contribution < 1.29 is 70.3 Å². The number of aryl methyl sites for hydroxylation is 1. The van der Waals surface area contributed by atoms with Crippen molar-refractivity contribution in [1.29, 1.82) is 0 Å². The minimum Gasteiger partial charge on any atom is -0.486 e. The van der Waals surface area contributed by atoms with Crippen molar-refractivity contribution in [3.63, 3.8) is 0 Å². The normalized spacial score (nSPS) is 21.8. The lowest BCUT2D eigenvalue weighted by atomic mass is 9.91. The number of aromatic nitrogens is 6. The maximum absolute atomic E-state index is 14.6. The molecule has 396 valence electrons. The second kappa shape index (κ2) is 20.6. The quantitative estimate of drug-likeness (QED) is 0.0664. The molecule has 2 aromatic heterocycles. The van der Waals surface area contributed by atoms with E-state index in [1.165, 1.54) is 29.0 Å². The van der Waals surface area contributed by atoms with Gasteiger partial charge in [-0.2, -0.15) is 18.3 Å². The molecule has 6 atom stereocenters. The van der Waals surface area contributed by atoms with Crippen molar-refractivity contribution in [2.24, 2.45) is 0 Å². The molecule has 4 aromatic carbocycles. The number of alkyl halides is 3. The molecule has 3 fully saturated rings. The average Bonchev–Trinajstić information content (AvgIpc) is 4.12. The molecule has 0 aliphatic carbocycles. The zero-order valence-corrected chi connectivity index (χ0v) is 40.9. The largest absolute Gasteiger partial charge is 0.486 e. The first-order valence-corrected chi connectivity index (χ1v) is 24.1. The summed E-state index contributed by atoms with van der Waals surface area (Å²) in [7, 11) is 0. The Hall–Kier alpha value is -7.42. The summed E-state index contributed by atoms with van der Waals surface area (Å²) in [6.45, 7) is -0.159. The molecule has 76 heavy (non-hydrogen) atoms. The summed E-state index contributed by atoms with van der Waals surface area (Å²) < 4.78 is 93.2. The molecule has 20 nitrogen and oxygen atoms in total. The van der Waals surface area contributed by atoms with Gasteiger partial charge < -0.3 is 39.5 Å². The fraction of sp³-hybridized carbons (Fsp3) is 0.327. The van der Waals surface area contributed by atoms with Gasteiger partial charge in [-0.25, -0.2) is 23.1 Å². The molecule has 4 N–H and O–H groups in total. The maximum atomic E-state index is 14.6. The first-order chi connectivity index (χ1) is 36.3. The summed E-state index contributed by atoms with van der Waals surface area (Å²) in [5.74, 6) is -4.97. The highest BCUT2D eigenvalue weighted by molar-refractivity contribution is 6.31. The fourth-order valence-corrected chi connectivity index (χ4v) is 9.80. The number of piperidine rings is 1. The summed E-state index contributed by atoms with van der Waals surface area (Å²) >= 11 is 11.9. The second-order valence-corrected chi connectivity index (χ2v) is 19.0. The van der Waals surface area contributed by atoms with Gasteiger partial charge in [0.1, 0.15) is 83.1 Å². The van der Waals surface area contributed by atoms with E-state index in [-0.39, 0.29) is 77.6 Å². The summed E-state index contributed by atoms with van der Waals surface area (Å²) in [4.78, 5) is 72.2. The molecule has 5 amide bonds. The third kappa shape index (κ3) is 10.1. The van der Waals surface area contributed by atoms with Crippen LogP contribution in [0.4, 0.5) is 27.6 Å². The molecule has 4 aliphatic rings. The van der Waals surface area contributed by atoms with E-state index >= 15 is 0 Å². The van der Waals surface area contributed by atoms with Crippen LogP contribution in [0, 0.1) is 18.6 Å². The summed E-state index contributed by atoms with van der Waals surface area (Å²) in [5, 5.41) is 38.8. The van der Waals surface area contributed by atoms with Crippen LogP contribution in [-0.4, -0.2) is 136 Å². The van der Waals surface area contributed by atoms with E-state index in [2.05, 4.69) is 31.0 Å². The third-order valence-electron chi connectivity index (χ3n) is 13.3. The molecule has 0 radical (unpaired) electrons. The topological polar surface area (TPSA) is 245 Å². The first-order valence-electron chi connectivity index (χ1n) is 23.3. The van der Waals surface area contributed by atoms with Gasteiger partial charge in [-0.05, 0) is 79.6 Å². The number of aliphatic hydroxyl groups is 2. The molecule has 3 saturated heterocycles. The molecule has 0 saturated carbocycles. The summed E-state index contributed by atoms with van der Waals surface area (Å²) in [5.41, 5.74) is -0.568. The van der Waals surface area contributed by atoms with Crippen LogP contribution >= 0.6 is 23.2 Å². The number of hydrogen-bond donors (Lipinski definition) is 4. The van der Waals surface area contributed by atoms with Crippen LogP contribution in [0.5, 0.6) is 5.75 Å². The predicted octanol–water partition coefficient (Wildman–Crippen LogP) is 5.16. The van der Waals surface area contributed by atoms with Gasteiger partial charge in [-0.3, -0.25) is 29.3 Å². The van der Waals surface area contributed by atoms with Gasteiger partial charge in [0.05, 0.1) is 42.7 Å². The zero-order valence-electron chi connectivity index (χ0n) is 39.4. The fourth-order valence-electron chi connectivity index (χ4n) is 9.52. The lowest BCUT2D eigenvalue weighted by Gasteiger charge is -2.44. The van der Waals surface area contributed by atoms with Crippen molar-refractivity contribution in [1.82, 2.24) is 44.9 Å². The molecule has 10 rings (SSSR count). The third-order valence-corrected chi connectivity index (χ3v) is 13.9. The van der Waals surface area contributed by atoms with E-state index in [0.29, 0.717) is 16.8 Å². The summed E-state index contributed by atoms with van der Waals surface area (Å²) in [6, 6.07) is 13.3. The number of ether oxygens (including phenoxy) is 3. The molecule has 27 heteroatoms. The van der Waals surface area contributed by atoms with E-state index in [1.807, 2.05) is 0 Å². The van der Waals surface area contributed by atoms with E-state index in [9.17, 15) is 56.1 Å². The van der Waals surface area contributed by atoms with Crippen LogP contribution in [0.2, 0.25) is 10.0 Å². The SMILES string of the molecule is Cc1nc([C@@H]2O[C@H](CO)[C@H](O)[C@H](n3cc(-c4cc(F)c(Cl)c(F)c4)nn3)[C@H]2OCC(=O)N2CC(Oc3ccccc3C(=O)Nc3ccc4c(c3)CN(C3CCC(=O)NC3=O)C4=O)C2)n(-c2cc(Cl)ccc2C(F)(F)F)n1. The number of para-hydroxylation sites is 1. The molecule has 1 unspecified atom stereocenters. The molecule has 4 aliphatic heterocycles. The van der Waals surface area contributed by atoms with Crippen molar-refractivity contribution in [2.75, 3.05) is 31.6 Å². The number of nitrogens with one attached hydrogen (secondary N) is 2. The first kappa shape index (κ1) is 52.0. The van der Waals surface area contributed by atoms with Crippen LogP contribution in [0.3, 0.4) is 0 Å². The van der Waals surface area contributed by atoms with E-state index in [0.717, 1.165) is 39.7 Å². The van der Waals surface area contributed by atoms with Gasteiger partial charge in [0.2, 0.25) is 17.7 Å². The Morgan fingerprint density at radius 3 is 2.47 bits per heavy atom. The number of fused-ring (bicyclic) bond motifs is 1. The van der Waals surface area contributed by atoms with Gasteiger partial charge in [-0.15, -0.1) is 5.10 Å². The Balaban J connectivity index is 0.866. The number of imide groups is 1. The summed E-state index contributed by atoms with van der Waals surface area (Å²) in [6.07, 6.45) is -10.6. The number of anilines is 1. The number of hydrogen-bond acceptors (Lipinski definition) is 14. The second-order valence-electron chi connectivity index (χ2n) is 18.2. The van der Waals surface area contributed by atoms with Crippen molar-refractivity contribution >= 4 is 58.4 Å². The Bertz CT molecular complexity index is 3300. The molecule has 0 spiro atoms. The number of amides is 5. The van der Waals surface area contributed by atoms with Crippen molar-refractivity contribution in [3.05, 3.63) is 135 Å². The number of likely N-dealkylation sites (tertiary alicyclic amines) is 1. The number of halogens is 7. The average molecular weight is 1100 g/mol. The molecular formula is C49H41Cl2F5N10O10. The van der Waals surface area contributed by atoms with Crippen LogP contribution in [0.25, 0.3) is 16.9 Å². The molecule has 6 aromatic rings. The minimum absolute atomic E-state index is 0.00688. The Morgan fingerprint density at radius 2 is 1.75 bits per heavy atom. The van der Waals surface area contributed by atoms with Crippen LogP contribution in [0.15, 0.2) is 79.0 Å². The number of aliphatic hydroxyl groups excluding tert-OH is 2. The zero-order chi connectivity index (χ0) is 53.9. The predicted molar refractivity (Wildman–Crippen MR) is 254 cm³/mol. The minimum atomic E-state index is -4.93. The van der Waals surface area contributed by atoms with Crippen molar-refractivity contribution in [3.8, 4) is 22.7 Å². The standard InChI is InChI=1S/C49H41Cl2F5N10O10/c1-22-57-45(66(61-22)35-15-25(50)6-9-30(35)49(54,55)56)44-43(41(42(70)37(20-67)76-44)65-19-33(60-62-65)23-13-31(52)40(51)32(53)14-23)74-21-39(69)63-17-27(18-63)75-36-5-3-2-4-29(36)46(71)58-26-7-8-28-24(12-26)16-64(48(28)73)34-10-11-38(68)59-47(34)72/h2-9,12-15,19,27,34,37,41-44,67,70H,10-11,16-18,20-21H2,1H3,(H,58,71)(H,59,68,72)/t34?,37-,41+,42+,43-,44-/m1/s1. The van der Waals surface area contributed by atoms with Gasteiger partial charge in [0, 0.05) is 34.8 Å². The highest BCUT2D eigenvalue weighted by atomic mass is 35.5. The molecular weight excluding hydrogens is 1050 g/mol. The van der Waals surface area contributed by atoms with Gasteiger partial charge in [0.25, 0.3) is 11.8 Å². The number of nitrogens with zero attached hydrogens (tertiary/aromatic N) is 8. The molecule has 6 heterocycles. The Morgan fingerprint density at radius 1 is 1.00 bits per heavy atom. The van der Waals surface area contributed by atoms with Crippen LogP contribution in [-0.2, 0) is 36.6 Å². The maximum Gasteiger partial charge on any atom is 0.418 e. The number of benzene rings is 4. The Labute approximate surface area is 436 Å². The number of rotatable bonds is 13. The van der Waals surface area contributed by atoms with Gasteiger partial charge in [-0.1, -0.05) is 40.5 Å². The monoisotopic (exact) mass is 1090 g/mol. The van der Waals surface area contributed by atoms with E-state index < -0.39 is 114 Å². The number of carbonyl (C=O) groups is 5.